The quantitative estimate of drug-likeness (QED) is 0.769. The number of halogens is 1. The van der Waals surface area contributed by atoms with Crippen LogP contribution in [0.25, 0.3) is 0 Å². The summed E-state index contributed by atoms with van der Waals surface area (Å²) in [6.45, 7) is 3.50. The Morgan fingerprint density at radius 3 is 2.44 bits per heavy atom. The van der Waals surface area contributed by atoms with E-state index in [-0.39, 0.29) is 5.78 Å². The number of Topliss-reactive ketones (excluding diaryl/α,β-unsaturated/α-hetero) is 1. The number of carbonyl (C=O) groups excluding carboxylic acids is 1. The van der Waals surface area contributed by atoms with Gasteiger partial charge < -0.3 is 4.90 Å². The lowest BCUT2D eigenvalue weighted by Crippen LogP contribution is -2.30. The number of hydrogen-bond donors (Lipinski definition) is 0. The van der Waals surface area contributed by atoms with E-state index in [9.17, 15) is 4.79 Å². The highest BCUT2D eigenvalue weighted by molar-refractivity contribution is 9.10. The third kappa shape index (κ3) is 4.21. The van der Waals surface area contributed by atoms with Gasteiger partial charge in [-0.05, 0) is 51.0 Å². The number of likely N-dealkylation sites (tertiary alicyclic amines) is 1. The van der Waals surface area contributed by atoms with Gasteiger partial charge in [0.05, 0.1) is 0 Å². The minimum Gasteiger partial charge on any atom is -0.303 e. The van der Waals surface area contributed by atoms with Gasteiger partial charge in [-0.25, -0.2) is 0 Å². The van der Waals surface area contributed by atoms with Gasteiger partial charge in [-0.15, -0.1) is 0 Å². The molecule has 1 fully saturated rings. The largest absolute Gasteiger partial charge is 0.303 e. The van der Waals surface area contributed by atoms with E-state index in [1.807, 2.05) is 24.3 Å². The Kier molecular flexibility index (Phi) is 5.39. The summed E-state index contributed by atoms with van der Waals surface area (Å²) >= 11 is 3.38. The van der Waals surface area contributed by atoms with Gasteiger partial charge in [0.2, 0.25) is 0 Å². The fourth-order valence-corrected chi connectivity index (χ4v) is 2.69. The lowest BCUT2D eigenvalue weighted by Gasteiger charge is -2.26. The predicted octanol–water partition coefficient (Wildman–Crippen LogP) is 3.90. The second-order valence-electron chi connectivity index (χ2n) is 4.94. The van der Waals surface area contributed by atoms with Crippen LogP contribution in [0, 0.1) is 0 Å². The summed E-state index contributed by atoms with van der Waals surface area (Å²) < 4.78 is 1.02. The second kappa shape index (κ2) is 7.05. The van der Waals surface area contributed by atoms with Crippen molar-refractivity contribution in [2.75, 3.05) is 19.6 Å². The first kappa shape index (κ1) is 13.8. The smallest absolute Gasteiger partial charge is 0.162 e. The lowest BCUT2D eigenvalue weighted by molar-refractivity contribution is 0.0973. The van der Waals surface area contributed by atoms with E-state index in [4.69, 9.17) is 0 Å². The van der Waals surface area contributed by atoms with Gasteiger partial charge in [0.1, 0.15) is 0 Å². The van der Waals surface area contributed by atoms with Crippen molar-refractivity contribution in [3.8, 4) is 0 Å². The summed E-state index contributed by atoms with van der Waals surface area (Å²) in [7, 11) is 0. The number of hydrogen-bond acceptors (Lipinski definition) is 2. The number of piperidine rings is 1. The summed E-state index contributed by atoms with van der Waals surface area (Å²) in [6.07, 6.45) is 5.66. The Hall–Kier alpha value is -0.670. The van der Waals surface area contributed by atoms with Crippen molar-refractivity contribution in [2.24, 2.45) is 0 Å². The molecule has 0 spiro atoms. The van der Waals surface area contributed by atoms with Gasteiger partial charge in [0.15, 0.2) is 5.78 Å². The lowest BCUT2D eigenvalue weighted by atomic mass is 10.1. The molecular formula is C15H20BrNO. The average Bonchev–Trinajstić information content (AvgIpc) is 2.40. The summed E-state index contributed by atoms with van der Waals surface area (Å²) in [5.41, 5.74) is 0.830. The molecule has 1 saturated heterocycles. The van der Waals surface area contributed by atoms with E-state index in [1.165, 1.54) is 32.4 Å². The fraction of sp³-hybridized carbons (Fsp3) is 0.533. The molecule has 1 aromatic rings. The molecule has 0 bridgehead atoms. The minimum atomic E-state index is 0.263. The highest BCUT2D eigenvalue weighted by atomic mass is 79.9. The summed E-state index contributed by atoms with van der Waals surface area (Å²) in [4.78, 5) is 14.4. The highest BCUT2D eigenvalue weighted by Gasteiger charge is 2.11. The Balaban J connectivity index is 1.72. The van der Waals surface area contributed by atoms with Crippen LogP contribution in [-0.4, -0.2) is 30.3 Å². The maximum Gasteiger partial charge on any atom is 0.162 e. The van der Waals surface area contributed by atoms with Crippen molar-refractivity contribution in [2.45, 2.75) is 32.1 Å². The van der Waals surface area contributed by atoms with Gasteiger partial charge in [-0.2, -0.15) is 0 Å². The van der Waals surface area contributed by atoms with Crippen molar-refractivity contribution in [3.05, 3.63) is 34.3 Å². The van der Waals surface area contributed by atoms with E-state index in [0.717, 1.165) is 23.0 Å². The van der Waals surface area contributed by atoms with Crippen LogP contribution < -0.4 is 0 Å². The third-order valence-electron chi connectivity index (χ3n) is 3.49. The molecule has 0 atom stereocenters. The van der Waals surface area contributed by atoms with Gasteiger partial charge in [0.25, 0.3) is 0 Å². The van der Waals surface area contributed by atoms with E-state index >= 15 is 0 Å². The van der Waals surface area contributed by atoms with Crippen molar-refractivity contribution in [3.63, 3.8) is 0 Å². The number of nitrogens with zero attached hydrogens (tertiary/aromatic N) is 1. The maximum atomic E-state index is 12.0. The zero-order valence-electron chi connectivity index (χ0n) is 10.7. The topological polar surface area (TPSA) is 20.3 Å². The molecule has 3 heteroatoms. The first-order valence-electron chi connectivity index (χ1n) is 6.77. The van der Waals surface area contributed by atoms with Crippen LogP contribution in [0.4, 0.5) is 0 Å². The molecule has 18 heavy (non-hydrogen) atoms. The zero-order valence-corrected chi connectivity index (χ0v) is 12.3. The standard InChI is InChI=1S/C15H20BrNO/c16-14-8-6-13(7-9-14)15(18)5-4-12-17-10-2-1-3-11-17/h6-9H,1-5,10-12H2. The Morgan fingerprint density at radius 2 is 1.78 bits per heavy atom. The molecule has 1 aliphatic heterocycles. The molecule has 1 aromatic carbocycles. The van der Waals surface area contributed by atoms with Gasteiger partial charge in [-0.3, -0.25) is 4.79 Å². The van der Waals surface area contributed by atoms with E-state index in [2.05, 4.69) is 20.8 Å². The SMILES string of the molecule is O=C(CCCN1CCCCC1)c1ccc(Br)cc1. The van der Waals surface area contributed by atoms with E-state index in [1.54, 1.807) is 0 Å². The first-order valence-corrected chi connectivity index (χ1v) is 7.56. The molecule has 1 heterocycles. The first-order chi connectivity index (χ1) is 8.75. The number of benzene rings is 1. The van der Waals surface area contributed by atoms with Crippen LogP contribution in [0.3, 0.4) is 0 Å². The summed E-state index contributed by atoms with van der Waals surface area (Å²) in [6, 6.07) is 7.65. The predicted molar refractivity (Wildman–Crippen MR) is 78.0 cm³/mol. The number of carbonyl (C=O) groups is 1. The van der Waals surface area contributed by atoms with Crippen molar-refractivity contribution >= 4 is 21.7 Å². The fourth-order valence-electron chi connectivity index (χ4n) is 2.43. The van der Waals surface area contributed by atoms with Crippen LogP contribution in [0.15, 0.2) is 28.7 Å². The molecule has 0 amide bonds. The van der Waals surface area contributed by atoms with E-state index < -0.39 is 0 Å². The van der Waals surface area contributed by atoms with Crippen molar-refractivity contribution < 1.29 is 4.79 Å². The van der Waals surface area contributed by atoms with Crippen LogP contribution >= 0.6 is 15.9 Å². The third-order valence-corrected chi connectivity index (χ3v) is 4.02. The number of ketones is 1. The van der Waals surface area contributed by atoms with E-state index in [0.29, 0.717) is 6.42 Å². The normalized spacial score (nSPS) is 16.7. The second-order valence-corrected chi connectivity index (χ2v) is 5.85. The molecule has 0 unspecified atom stereocenters. The average molecular weight is 310 g/mol. The molecule has 2 nitrogen and oxygen atoms in total. The molecule has 98 valence electrons. The van der Waals surface area contributed by atoms with Crippen LogP contribution in [0.1, 0.15) is 42.5 Å². The zero-order chi connectivity index (χ0) is 12.8. The van der Waals surface area contributed by atoms with Gasteiger partial charge in [0, 0.05) is 16.5 Å². The molecule has 0 aromatic heterocycles. The molecule has 0 radical (unpaired) electrons. The van der Waals surface area contributed by atoms with Crippen molar-refractivity contribution in [1.82, 2.24) is 4.90 Å². The molecule has 0 aliphatic carbocycles. The van der Waals surface area contributed by atoms with Crippen LogP contribution in [0.5, 0.6) is 0 Å². The summed E-state index contributed by atoms with van der Waals surface area (Å²) in [5.74, 6) is 0.263. The summed E-state index contributed by atoms with van der Waals surface area (Å²) in [5, 5.41) is 0. The van der Waals surface area contributed by atoms with Crippen LogP contribution in [0.2, 0.25) is 0 Å². The monoisotopic (exact) mass is 309 g/mol. The molecular weight excluding hydrogens is 290 g/mol. The maximum absolute atomic E-state index is 12.0. The van der Waals surface area contributed by atoms with Crippen LogP contribution in [-0.2, 0) is 0 Å². The molecule has 2 rings (SSSR count). The minimum absolute atomic E-state index is 0.263. The Morgan fingerprint density at radius 1 is 1.11 bits per heavy atom. The molecule has 1 aliphatic rings. The molecule has 0 saturated carbocycles. The van der Waals surface area contributed by atoms with Crippen molar-refractivity contribution in [1.29, 1.82) is 0 Å². The highest BCUT2D eigenvalue weighted by Crippen LogP contribution is 2.14. The van der Waals surface area contributed by atoms with Gasteiger partial charge >= 0.3 is 0 Å². The Bertz CT molecular complexity index is 382. The van der Waals surface area contributed by atoms with Gasteiger partial charge in [-0.1, -0.05) is 34.5 Å². The Labute approximate surface area is 117 Å². The molecule has 0 N–H and O–H groups in total. The number of rotatable bonds is 5.